The molecule has 2 fully saturated rings. The molecule has 18 heavy (non-hydrogen) atoms. The molecule has 1 saturated carbocycles. The van der Waals surface area contributed by atoms with Gasteiger partial charge in [-0.1, -0.05) is 6.92 Å². The minimum absolute atomic E-state index is 0.312. The van der Waals surface area contributed by atoms with E-state index in [0.29, 0.717) is 17.4 Å². The maximum atomic E-state index is 11.3. The van der Waals surface area contributed by atoms with E-state index in [2.05, 4.69) is 18.7 Å². The van der Waals surface area contributed by atoms with Crippen LogP contribution in [-0.2, 0) is 9.53 Å². The molecule has 0 aromatic rings. The van der Waals surface area contributed by atoms with Gasteiger partial charge in [-0.25, -0.2) is 0 Å². The lowest BCUT2D eigenvalue weighted by atomic mass is 9.79. The van der Waals surface area contributed by atoms with Crippen LogP contribution < -0.4 is 0 Å². The van der Waals surface area contributed by atoms with Gasteiger partial charge < -0.3 is 4.74 Å². The molecule has 1 heterocycles. The summed E-state index contributed by atoms with van der Waals surface area (Å²) >= 11 is 0. The Balaban J connectivity index is 1.81. The molecule has 2 aliphatic rings. The predicted molar refractivity (Wildman–Crippen MR) is 72.7 cm³/mol. The van der Waals surface area contributed by atoms with Gasteiger partial charge in [0.05, 0.1) is 6.10 Å². The first-order valence-corrected chi connectivity index (χ1v) is 7.52. The quantitative estimate of drug-likeness (QED) is 0.771. The Kier molecular flexibility index (Phi) is 4.79. The molecule has 1 saturated heterocycles. The number of likely N-dealkylation sites (tertiary alicyclic amines) is 1. The number of rotatable bonds is 4. The number of ketones is 1. The summed E-state index contributed by atoms with van der Waals surface area (Å²) in [5.41, 5.74) is 0.312. The van der Waals surface area contributed by atoms with Crippen LogP contribution in [0.4, 0.5) is 0 Å². The number of carbonyl (C=O) groups is 1. The molecule has 2 rings (SSSR count). The van der Waals surface area contributed by atoms with Crippen molar-refractivity contribution in [3.8, 4) is 0 Å². The average molecular weight is 253 g/mol. The van der Waals surface area contributed by atoms with Crippen LogP contribution in [0.3, 0.4) is 0 Å². The SMILES string of the molecule is CCCOC1CCC(C)(N2CCC(=O)CC2)CC1. The third-order valence-electron chi connectivity index (χ3n) is 4.65. The fraction of sp³-hybridized carbons (Fsp3) is 0.933. The Morgan fingerprint density at radius 2 is 1.89 bits per heavy atom. The summed E-state index contributed by atoms with van der Waals surface area (Å²) in [5, 5.41) is 0. The number of nitrogens with zero attached hydrogens (tertiary/aromatic N) is 1. The average Bonchev–Trinajstić information content (AvgIpc) is 2.39. The monoisotopic (exact) mass is 253 g/mol. The van der Waals surface area contributed by atoms with Crippen molar-refractivity contribution in [2.75, 3.05) is 19.7 Å². The summed E-state index contributed by atoms with van der Waals surface area (Å²) in [6, 6.07) is 0. The van der Waals surface area contributed by atoms with Gasteiger partial charge in [-0.3, -0.25) is 9.69 Å². The van der Waals surface area contributed by atoms with Crippen LogP contribution in [0.2, 0.25) is 0 Å². The molecule has 0 unspecified atom stereocenters. The van der Waals surface area contributed by atoms with Crippen molar-refractivity contribution >= 4 is 5.78 Å². The second-order valence-corrected chi connectivity index (χ2v) is 6.09. The van der Waals surface area contributed by atoms with E-state index in [4.69, 9.17) is 4.74 Å². The first-order chi connectivity index (χ1) is 8.64. The van der Waals surface area contributed by atoms with Crippen LogP contribution in [0.1, 0.15) is 58.8 Å². The highest BCUT2D eigenvalue weighted by Crippen LogP contribution is 2.35. The third kappa shape index (κ3) is 3.33. The molecule has 0 bridgehead atoms. The molecule has 3 nitrogen and oxygen atoms in total. The van der Waals surface area contributed by atoms with Crippen molar-refractivity contribution in [3.05, 3.63) is 0 Å². The van der Waals surface area contributed by atoms with Crippen LogP contribution >= 0.6 is 0 Å². The predicted octanol–water partition coefficient (Wildman–Crippen LogP) is 2.78. The van der Waals surface area contributed by atoms with Crippen molar-refractivity contribution < 1.29 is 9.53 Å². The van der Waals surface area contributed by atoms with Crippen LogP contribution in [0, 0.1) is 0 Å². The highest BCUT2D eigenvalue weighted by molar-refractivity contribution is 5.79. The highest BCUT2D eigenvalue weighted by atomic mass is 16.5. The largest absolute Gasteiger partial charge is 0.378 e. The second kappa shape index (κ2) is 6.16. The molecule has 0 N–H and O–H groups in total. The van der Waals surface area contributed by atoms with E-state index in [-0.39, 0.29) is 0 Å². The molecule has 0 spiro atoms. The van der Waals surface area contributed by atoms with Gasteiger partial charge in [0.15, 0.2) is 0 Å². The number of hydrogen-bond acceptors (Lipinski definition) is 3. The lowest BCUT2D eigenvalue weighted by Gasteiger charge is -2.47. The number of Topliss-reactive ketones (excluding diaryl/α,β-unsaturated/α-hetero) is 1. The first-order valence-electron chi connectivity index (χ1n) is 7.52. The van der Waals surface area contributed by atoms with E-state index in [9.17, 15) is 4.79 Å². The maximum absolute atomic E-state index is 11.3. The molecular weight excluding hydrogens is 226 g/mol. The number of ether oxygens (including phenoxy) is 1. The van der Waals surface area contributed by atoms with E-state index in [0.717, 1.165) is 39.0 Å². The fourth-order valence-corrected chi connectivity index (χ4v) is 3.28. The summed E-state index contributed by atoms with van der Waals surface area (Å²) in [4.78, 5) is 13.9. The second-order valence-electron chi connectivity index (χ2n) is 6.09. The Bertz CT molecular complexity index is 272. The third-order valence-corrected chi connectivity index (χ3v) is 4.65. The molecule has 3 heteroatoms. The van der Waals surface area contributed by atoms with Gasteiger partial charge in [0.2, 0.25) is 0 Å². The summed E-state index contributed by atoms with van der Waals surface area (Å²) in [6.07, 6.45) is 7.90. The summed E-state index contributed by atoms with van der Waals surface area (Å²) in [5.74, 6) is 0.440. The molecular formula is C15H27NO2. The Labute approximate surface area is 111 Å². The Hall–Kier alpha value is -0.410. The summed E-state index contributed by atoms with van der Waals surface area (Å²) in [6.45, 7) is 7.38. The topological polar surface area (TPSA) is 29.5 Å². The van der Waals surface area contributed by atoms with E-state index in [1.165, 1.54) is 25.7 Å². The van der Waals surface area contributed by atoms with Gasteiger partial charge >= 0.3 is 0 Å². The summed E-state index contributed by atoms with van der Waals surface area (Å²) < 4.78 is 5.86. The molecule has 0 aromatic carbocycles. The Morgan fingerprint density at radius 3 is 2.44 bits per heavy atom. The molecule has 0 atom stereocenters. The van der Waals surface area contributed by atoms with E-state index < -0.39 is 0 Å². The molecule has 104 valence electrons. The standard InChI is InChI=1S/C15H27NO2/c1-3-12-18-14-4-8-15(2,9-5-14)16-10-6-13(17)7-11-16/h14H,3-12H2,1-2H3. The zero-order chi connectivity index (χ0) is 13.0. The maximum Gasteiger partial charge on any atom is 0.135 e. The van der Waals surface area contributed by atoms with Gasteiger partial charge in [0.25, 0.3) is 0 Å². The molecule has 0 aromatic heterocycles. The van der Waals surface area contributed by atoms with E-state index >= 15 is 0 Å². The van der Waals surface area contributed by atoms with Crippen LogP contribution in [0.5, 0.6) is 0 Å². The van der Waals surface area contributed by atoms with Crippen molar-refractivity contribution in [3.63, 3.8) is 0 Å². The first kappa shape index (κ1) is 14.0. The lowest BCUT2D eigenvalue weighted by molar-refractivity contribution is -0.123. The minimum Gasteiger partial charge on any atom is -0.378 e. The van der Waals surface area contributed by atoms with Gasteiger partial charge in [-0.15, -0.1) is 0 Å². The smallest absolute Gasteiger partial charge is 0.135 e. The van der Waals surface area contributed by atoms with Crippen molar-refractivity contribution in [1.29, 1.82) is 0 Å². The minimum atomic E-state index is 0.312. The number of carbonyl (C=O) groups excluding carboxylic acids is 1. The fourth-order valence-electron chi connectivity index (χ4n) is 3.28. The Morgan fingerprint density at radius 1 is 1.28 bits per heavy atom. The van der Waals surface area contributed by atoms with Gasteiger partial charge in [0, 0.05) is 38.1 Å². The highest BCUT2D eigenvalue weighted by Gasteiger charge is 2.37. The van der Waals surface area contributed by atoms with Crippen LogP contribution in [0.25, 0.3) is 0 Å². The zero-order valence-corrected chi connectivity index (χ0v) is 11.9. The van der Waals surface area contributed by atoms with Crippen molar-refractivity contribution in [1.82, 2.24) is 4.90 Å². The van der Waals surface area contributed by atoms with E-state index in [1.54, 1.807) is 0 Å². The van der Waals surface area contributed by atoms with Crippen LogP contribution in [0.15, 0.2) is 0 Å². The summed E-state index contributed by atoms with van der Waals surface area (Å²) in [7, 11) is 0. The molecule has 1 aliphatic heterocycles. The molecule has 0 amide bonds. The van der Waals surface area contributed by atoms with Crippen LogP contribution in [-0.4, -0.2) is 42.0 Å². The van der Waals surface area contributed by atoms with Gasteiger partial charge in [0.1, 0.15) is 5.78 Å². The zero-order valence-electron chi connectivity index (χ0n) is 11.9. The van der Waals surface area contributed by atoms with E-state index in [1.807, 2.05) is 0 Å². The number of hydrogen-bond donors (Lipinski definition) is 0. The molecule has 1 aliphatic carbocycles. The van der Waals surface area contributed by atoms with Gasteiger partial charge in [-0.05, 0) is 39.0 Å². The number of piperidine rings is 1. The van der Waals surface area contributed by atoms with Crippen molar-refractivity contribution in [2.24, 2.45) is 0 Å². The normalized spacial score (nSPS) is 34.8. The molecule has 0 radical (unpaired) electrons. The van der Waals surface area contributed by atoms with Gasteiger partial charge in [-0.2, -0.15) is 0 Å². The lowest BCUT2D eigenvalue weighted by Crippen LogP contribution is -2.52. The van der Waals surface area contributed by atoms with Crippen molar-refractivity contribution in [2.45, 2.75) is 70.4 Å².